The van der Waals surface area contributed by atoms with Gasteiger partial charge in [-0.2, -0.15) is 0 Å². The topological polar surface area (TPSA) is 29.3 Å². The number of para-hydroxylation sites is 2. The van der Waals surface area contributed by atoms with Gasteiger partial charge in [-0.15, -0.1) is 11.3 Å². The third-order valence-electron chi connectivity index (χ3n) is 9.46. The number of benzene rings is 8. The number of rotatable bonds is 5. The predicted molar refractivity (Wildman–Crippen MR) is 207 cm³/mol. The van der Waals surface area contributed by atoms with Gasteiger partial charge in [-0.25, -0.2) is 4.98 Å². The van der Waals surface area contributed by atoms with Gasteiger partial charge in [0.25, 0.3) is 0 Å². The number of nitrogens with zero attached hydrogens (tertiary/aromatic N) is 2. The van der Waals surface area contributed by atoms with Crippen molar-refractivity contribution in [1.29, 1.82) is 0 Å². The molecule has 2 heterocycles. The lowest BCUT2D eigenvalue weighted by molar-refractivity contribution is 0.620. The summed E-state index contributed by atoms with van der Waals surface area (Å²) in [7, 11) is 0. The molecule has 8 aromatic carbocycles. The summed E-state index contributed by atoms with van der Waals surface area (Å²) in [6, 6.07) is 60.6. The lowest BCUT2D eigenvalue weighted by Gasteiger charge is -2.26. The van der Waals surface area contributed by atoms with Crippen molar-refractivity contribution in [2.24, 2.45) is 0 Å². The van der Waals surface area contributed by atoms with Crippen LogP contribution in [0.3, 0.4) is 0 Å². The molecule has 0 unspecified atom stereocenters. The second-order valence-corrected chi connectivity index (χ2v) is 13.5. The summed E-state index contributed by atoms with van der Waals surface area (Å²) in [6.45, 7) is 0. The average molecular weight is 645 g/mol. The fraction of sp³-hybridized carbons (Fsp3) is 0. The highest BCUT2D eigenvalue weighted by Gasteiger charge is 2.19. The van der Waals surface area contributed by atoms with Crippen LogP contribution in [0.25, 0.3) is 75.4 Å². The van der Waals surface area contributed by atoms with Crippen molar-refractivity contribution in [2.75, 3.05) is 4.90 Å². The number of hydrogen-bond donors (Lipinski definition) is 0. The van der Waals surface area contributed by atoms with Crippen LogP contribution in [-0.4, -0.2) is 4.98 Å². The molecule has 0 saturated heterocycles. The van der Waals surface area contributed by atoms with E-state index in [-0.39, 0.29) is 0 Å². The summed E-state index contributed by atoms with van der Waals surface area (Å²) >= 11 is 1.81. The van der Waals surface area contributed by atoms with Gasteiger partial charge in [0.05, 0.1) is 0 Å². The maximum absolute atomic E-state index is 6.25. The van der Waals surface area contributed by atoms with E-state index in [2.05, 4.69) is 150 Å². The molecule has 0 atom stereocenters. The van der Waals surface area contributed by atoms with E-state index < -0.39 is 0 Å². The quantitative estimate of drug-likeness (QED) is 0.187. The molecule has 0 saturated carbocycles. The van der Waals surface area contributed by atoms with Crippen molar-refractivity contribution < 1.29 is 4.42 Å². The van der Waals surface area contributed by atoms with Gasteiger partial charge >= 0.3 is 0 Å². The number of fused-ring (bicyclic) bond motifs is 6. The zero-order valence-electron chi connectivity index (χ0n) is 26.4. The molecule has 10 rings (SSSR count). The SMILES string of the molecule is c1cc(-c2cccc3ccccc23)cc(N(c2ccc3ccccc3c2)c2ccc3c(c2)sc2cccc(-c4nc5ccccc5o4)c23)c1. The molecular weight excluding hydrogens is 617 g/mol. The molecule has 0 aliphatic heterocycles. The highest BCUT2D eigenvalue weighted by molar-refractivity contribution is 7.26. The van der Waals surface area contributed by atoms with Crippen LogP contribution in [0.5, 0.6) is 0 Å². The molecule has 230 valence electrons. The maximum Gasteiger partial charge on any atom is 0.227 e. The van der Waals surface area contributed by atoms with Crippen molar-refractivity contribution in [1.82, 2.24) is 4.98 Å². The van der Waals surface area contributed by atoms with Crippen LogP contribution in [0.2, 0.25) is 0 Å². The van der Waals surface area contributed by atoms with Crippen LogP contribution in [0.1, 0.15) is 0 Å². The standard InChI is InChI=1S/C45H28N2OS/c1-2-12-31-26-34(23-22-29(31)10-1)47(33-15-7-14-32(27-33)37-17-8-13-30-11-3-4-16-36(30)37)35-24-25-38-43(28-35)49-42-21-9-18-39(44(38)42)45-46-40-19-5-6-20-41(40)48-45/h1-28H. The van der Waals surface area contributed by atoms with Crippen LogP contribution in [0.4, 0.5) is 17.1 Å². The molecular formula is C45H28N2OS. The lowest BCUT2D eigenvalue weighted by atomic mass is 9.97. The summed E-state index contributed by atoms with van der Waals surface area (Å²) in [4.78, 5) is 7.23. The summed E-state index contributed by atoms with van der Waals surface area (Å²) in [5.74, 6) is 0.651. The molecule has 49 heavy (non-hydrogen) atoms. The Morgan fingerprint density at radius 3 is 2.12 bits per heavy atom. The van der Waals surface area contributed by atoms with Crippen LogP contribution < -0.4 is 4.90 Å². The molecule has 2 aromatic heterocycles. The molecule has 0 fully saturated rings. The van der Waals surface area contributed by atoms with Crippen molar-refractivity contribution in [3.05, 3.63) is 170 Å². The number of hydrogen-bond acceptors (Lipinski definition) is 4. The van der Waals surface area contributed by atoms with E-state index in [1.165, 1.54) is 52.8 Å². The first-order chi connectivity index (χ1) is 24.3. The van der Waals surface area contributed by atoms with E-state index in [0.29, 0.717) is 5.89 Å². The molecule has 0 radical (unpaired) electrons. The lowest BCUT2D eigenvalue weighted by Crippen LogP contribution is -2.10. The summed E-state index contributed by atoms with van der Waals surface area (Å²) in [6.07, 6.45) is 0. The second kappa shape index (κ2) is 11.2. The largest absolute Gasteiger partial charge is 0.436 e. The fourth-order valence-electron chi connectivity index (χ4n) is 7.17. The zero-order valence-corrected chi connectivity index (χ0v) is 27.2. The van der Waals surface area contributed by atoms with Crippen molar-refractivity contribution in [2.45, 2.75) is 0 Å². The summed E-state index contributed by atoms with van der Waals surface area (Å²) in [5.41, 5.74) is 8.42. The summed E-state index contributed by atoms with van der Waals surface area (Å²) < 4.78 is 8.68. The Morgan fingerprint density at radius 2 is 1.18 bits per heavy atom. The van der Waals surface area contributed by atoms with Gasteiger partial charge in [0.1, 0.15) is 5.52 Å². The minimum Gasteiger partial charge on any atom is -0.436 e. The smallest absolute Gasteiger partial charge is 0.227 e. The molecule has 0 bridgehead atoms. The zero-order chi connectivity index (χ0) is 32.3. The first-order valence-electron chi connectivity index (χ1n) is 16.5. The number of oxazole rings is 1. The van der Waals surface area contributed by atoms with Crippen LogP contribution >= 0.6 is 11.3 Å². The Balaban J connectivity index is 1.16. The minimum atomic E-state index is 0.651. The Hall–Kier alpha value is -6.23. The molecule has 0 spiro atoms. The monoisotopic (exact) mass is 644 g/mol. The first kappa shape index (κ1) is 27.8. The van der Waals surface area contributed by atoms with E-state index >= 15 is 0 Å². The van der Waals surface area contributed by atoms with Crippen molar-refractivity contribution >= 4 is 81.2 Å². The Bertz CT molecular complexity index is 2830. The highest BCUT2D eigenvalue weighted by atomic mass is 32.1. The molecule has 10 aromatic rings. The average Bonchev–Trinajstić information content (AvgIpc) is 3.76. The first-order valence-corrected chi connectivity index (χ1v) is 17.3. The van der Waals surface area contributed by atoms with Crippen LogP contribution in [0.15, 0.2) is 174 Å². The Morgan fingerprint density at radius 1 is 0.469 bits per heavy atom. The van der Waals surface area contributed by atoms with Crippen LogP contribution in [-0.2, 0) is 0 Å². The molecule has 4 heteroatoms. The normalized spacial score (nSPS) is 11.7. The minimum absolute atomic E-state index is 0.651. The second-order valence-electron chi connectivity index (χ2n) is 12.4. The number of aromatic nitrogens is 1. The Kier molecular flexibility index (Phi) is 6.36. The van der Waals surface area contributed by atoms with E-state index in [1.807, 2.05) is 35.6 Å². The van der Waals surface area contributed by atoms with E-state index in [1.54, 1.807) is 0 Å². The van der Waals surface area contributed by atoms with Crippen molar-refractivity contribution in [3.8, 4) is 22.6 Å². The predicted octanol–water partition coefficient (Wildman–Crippen LogP) is 13.3. The fourth-order valence-corrected chi connectivity index (χ4v) is 8.34. The maximum atomic E-state index is 6.25. The van der Waals surface area contributed by atoms with Gasteiger partial charge in [-0.1, -0.05) is 109 Å². The van der Waals surface area contributed by atoms with E-state index in [4.69, 9.17) is 9.40 Å². The van der Waals surface area contributed by atoms with Gasteiger partial charge in [0.2, 0.25) is 5.89 Å². The highest BCUT2D eigenvalue weighted by Crippen LogP contribution is 2.45. The molecule has 0 amide bonds. The molecule has 3 nitrogen and oxygen atoms in total. The molecule has 0 N–H and O–H groups in total. The van der Waals surface area contributed by atoms with Gasteiger partial charge in [-0.3, -0.25) is 0 Å². The molecule has 0 aliphatic rings. The van der Waals surface area contributed by atoms with E-state index in [0.717, 1.165) is 33.7 Å². The third-order valence-corrected chi connectivity index (χ3v) is 10.6. The van der Waals surface area contributed by atoms with Gasteiger partial charge in [0.15, 0.2) is 5.58 Å². The van der Waals surface area contributed by atoms with E-state index in [9.17, 15) is 0 Å². The van der Waals surface area contributed by atoms with Crippen molar-refractivity contribution in [3.63, 3.8) is 0 Å². The third kappa shape index (κ3) is 4.68. The van der Waals surface area contributed by atoms with Gasteiger partial charge in [0, 0.05) is 42.8 Å². The molecule has 0 aliphatic carbocycles. The van der Waals surface area contributed by atoms with Crippen LogP contribution in [0, 0.1) is 0 Å². The van der Waals surface area contributed by atoms with Gasteiger partial charge in [-0.05, 0) is 93.3 Å². The summed E-state index contributed by atoms with van der Waals surface area (Å²) in [5, 5.41) is 7.30. The Labute approximate surface area is 286 Å². The van der Waals surface area contributed by atoms with Gasteiger partial charge < -0.3 is 9.32 Å². The number of thiophene rings is 1. The number of anilines is 3.